The second-order valence-corrected chi connectivity index (χ2v) is 6.67. The van der Waals surface area contributed by atoms with Crippen LogP contribution in [0.5, 0.6) is 0 Å². The lowest BCUT2D eigenvalue weighted by Gasteiger charge is -2.44. The number of esters is 1. The van der Waals surface area contributed by atoms with Crippen molar-refractivity contribution in [2.75, 3.05) is 0 Å². The molecule has 2 aliphatic rings. The fourth-order valence-electron chi connectivity index (χ4n) is 3.78. The Bertz CT molecular complexity index is 449. The molecule has 0 spiro atoms. The molecule has 0 saturated heterocycles. The summed E-state index contributed by atoms with van der Waals surface area (Å²) in [6.45, 7) is 11.2. The molecule has 2 aliphatic carbocycles. The Hall–Kier alpha value is -1.09. The summed E-state index contributed by atoms with van der Waals surface area (Å²) in [6.07, 6.45) is 6.26. The first-order valence-corrected chi connectivity index (χ1v) is 6.89. The quantitative estimate of drug-likeness (QED) is 0.629. The van der Waals surface area contributed by atoms with Gasteiger partial charge in [-0.3, -0.25) is 4.79 Å². The average Bonchev–Trinajstić information content (AvgIpc) is 2.89. The number of allylic oxidation sites excluding steroid dienone is 2. The molecule has 0 aromatic heterocycles. The standard InChI is InChI=1S/C16H24O3/c1-11(2)6-9-16-10-14(16,4)8-7-13(15(16,5)18)19-12(3)17/h6,9,13,18H,1,7-8,10H2,2-5H3/b9-6+. The molecule has 106 valence electrons. The van der Waals surface area contributed by atoms with E-state index in [9.17, 15) is 9.90 Å². The number of hydrogen-bond acceptors (Lipinski definition) is 3. The van der Waals surface area contributed by atoms with Crippen molar-refractivity contribution < 1.29 is 14.6 Å². The molecule has 2 fully saturated rings. The molecule has 0 heterocycles. The van der Waals surface area contributed by atoms with Crippen molar-refractivity contribution in [2.45, 2.75) is 58.7 Å². The maximum atomic E-state index is 11.2. The van der Waals surface area contributed by atoms with E-state index in [1.165, 1.54) is 6.92 Å². The highest BCUT2D eigenvalue weighted by atomic mass is 16.6. The van der Waals surface area contributed by atoms with Crippen LogP contribution in [-0.2, 0) is 9.53 Å². The van der Waals surface area contributed by atoms with Crippen LogP contribution in [-0.4, -0.2) is 22.8 Å². The van der Waals surface area contributed by atoms with Gasteiger partial charge >= 0.3 is 5.97 Å². The number of carbonyl (C=O) groups is 1. The first-order valence-electron chi connectivity index (χ1n) is 6.89. The molecule has 1 N–H and O–H groups in total. The number of hydrogen-bond donors (Lipinski definition) is 1. The molecular weight excluding hydrogens is 240 g/mol. The third kappa shape index (κ3) is 2.04. The molecule has 0 aromatic carbocycles. The van der Waals surface area contributed by atoms with Gasteiger partial charge in [-0.15, -0.1) is 0 Å². The Balaban J connectivity index is 2.31. The Morgan fingerprint density at radius 1 is 1.42 bits per heavy atom. The van der Waals surface area contributed by atoms with Gasteiger partial charge in [0.2, 0.25) is 0 Å². The van der Waals surface area contributed by atoms with Crippen molar-refractivity contribution in [3.8, 4) is 0 Å². The summed E-state index contributed by atoms with van der Waals surface area (Å²) in [5, 5.41) is 11.0. The molecule has 2 rings (SSSR count). The normalized spacial score (nSPS) is 44.8. The predicted octanol–water partition coefficient (Wildman–Crippen LogP) is 2.99. The largest absolute Gasteiger partial charge is 0.459 e. The van der Waals surface area contributed by atoms with E-state index in [0.717, 1.165) is 24.8 Å². The molecule has 0 amide bonds. The number of fused-ring (bicyclic) bond motifs is 1. The van der Waals surface area contributed by atoms with Gasteiger partial charge in [0.1, 0.15) is 11.7 Å². The highest BCUT2D eigenvalue weighted by Crippen LogP contribution is 2.75. The molecule has 4 atom stereocenters. The van der Waals surface area contributed by atoms with Gasteiger partial charge in [-0.25, -0.2) is 0 Å². The van der Waals surface area contributed by atoms with Crippen LogP contribution in [0, 0.1) is 10.8 Å². The van der Waals surface area contributed by atoms with Crippen molar-refractivity contribution in [1.29, 1.82) is 0 Å². The average molecular weight is 264 g/mol. The molecule has 19 heavy (non-hydrogen) atoms. The topological polar surface area (TPSA) is 46.5 Å². The van der Waals surface area contributed by atoms with Crippen LogP contribution in [0.25, 0.3) is 0 Å². The van der Waals surface area contributed by atoms with Gasteiger partial charge in [0.25, 0.3) is 0 Å². The van der Waals surface area contributed by atoms with E-state index in [-0.39, 0.29) is 16.8 Å². The third-order valence-electron chi connectivity index (χ3n) is 5.07. The molecule has 0 radical (unpaired) electrons. The molecule has 3 nitrogen and oxygen atoms in total. The molecule has 0 aliphatic heterocycles. The number of aliphatic hydroxyl groups is 1. The van der Waals surface area contributed by atoms with Crippen LogP contribution in [0.4, 0.5) is 0 Å². The van der Waals surface area contributed by atoms with E-state index in [2.05, 4.69) is 19.6 Å². The zero-order valence-electron chi connectivity index (χ0n) is 12.3. The van der Waals surface area contributed by atoms with Gasteiger partial charge in [0, 0.05) is 12.3 Å². The van der Waals surface area contributed by atoms with E-state index >= 15 is 0 Å². The monoisotopic (exact) mass is 264 g/mol. The summed E-state index contributed by atoms with van der Waals surface area (Å²) in [5.74, 6) is -0.325. The third-order valence-corrected chi connectivity index (χ3v) is 5.07. The number of ether oxygens (including phenoxy) is 1. The molecule has 4 unspecified atom stereocenters. The minimum absolute atomic E-state index is 0.110. The lowest BCUT2D eigenvalue weighted by atomic mass is 9.68. The maximum absolute atomic E-state index is 11.2. The maximum Gasteiger partial charge on any atom is 0.303 e. The summed E-state index contributed by atoms with van der Waals surface area (Å²) >= 11 is 0. The smallest absolute Gasteiger partial charge is 0.303 e. The van der Waals surface area contributed by atoms with Crippen LogP contribution in [0.1, 0.15) is 47.0 Å². The van der Waals surface area contributed by atoms with E-state index in [0.29, 0.717) is 0 Å². The number of carbonyl (C=O) groups excluding carboxylic acids is 1. The second kappa shape index (κ2) is 4.20. The van der Waals surface area contributed by atoms with E-state index in [1.807, 2.05) is 13.0 Å². The van der Waals surface area contributed by atoms with Gasteiger partial charge < -0.3 is 9.84 Å². The molecule has 0 aromatic rings. The summed E-state index contributed by atoms with van der Waals surface area (Å²) in [7, 11) is 0. The van der Waals surface area contributed by atoms with Crippen molar-refractivity contribution in [3.05, 3.63) is 24.3 Å². The zero-order valence-corrected chi connectivity index (χ0v) is 12.3. The van der Waals surface area contributed by atoms with Gasteiger partial charge in [-0.1, -0.05) is 31.2 Å². The van der Waals surface area contributed by atoms with Crippen LogP contribution >= 0.6 is 0 Å². The van der Waals surface area contributed by atoms with Gasteiger partial charge in [-0.2, -0.15) is 0 Å². The first kappa shape index (κ1) is 14.3. The summed E-state index contributed by atoms with van der Waals surface area (Å²) < 4.78 is 5.34. The minimum atomic E-state index is -1.02. The first-order chi connectivity index (χ1) is 8.65. The Morgan fingerprint density at radius 3 is 2.58 bits per heavy atom. The van der Waals surface area contributed by atoms with Crippen molar-refractivity contribution in [3.63, 3.8) is 0 Å². The van der Waals surface area contributed by atoms with E-state index < -0.39 is 11.7 Å². The van der Waals surface area contributed by atoms with Crippen LogP contribution in [0.15, 0.2) is 24.3 Å². The van der Waals surface area contributed by atoms with Gasteiger partial charge in [-0.05, 0) is 38.5 Å². The Kier molecular flexibility index (Phi) is 3.17. The van der Waals surface area contributed by atoms with Crippen molar-refractivity contribution >= 4 is 5.97 Å². The van der Waals surface area contributed by atoms with E-state index in [4.69, 9.17) is 4.74 Å². The van der Waals surface area contributed by atoms with Gasteiger partial charge in [0.05, 0.1) is 0 Å². The highest BCUT2D eigenvalue weighted by molar-refractivity contribution is 5.66. The summed E-state index contributed by atoms with van der Waals surface area (Å²) in [4.78, 5) is 11.2. The van der Waals surface area contributed by atoms with E-state index in [1.54, 1.807) is 6.92 Å². The lowest BCUT2D eigenvalue weighted by Crippen LogP contribution is -2.53. The lowest BCUT2D eigenvalue weighted by molar-refractivity contribution is -0.178. The summed E-state index contributed by atoms with van der Waals surface area (Å²) in [5.41, 5.74) is -0.234. The zero-order chi connectivity index (χ0) is 14.5. The van der Waals surface area contributed by atoms with Crippen LogP contribution < -0.4 is 0 Å². The van der Waals surface area contributed by atoms with Gasteiger partial charge in [0.15, 0.2) is 0 Å². The minimum Gasteiger partial charge on any atom is -0.459 e. The number of rotatable bonds is 3. The Morgan fingerprint density at radius 2 is 2.05 bits per heavy atom. The Labute approximate surface area is 115 Å². The van der Waals surface area contributed by atoms with Crippen molar-refractivity contribution in [1.82, 2.24) is 0 Å². The molecular formula is C16H24O3. The van der Waals surface area contributed by atoms with Crippen LogP contribution in [0.3, 0.4) is 0 Å². The molecule has 0 bridgehead atoms. The second-order valence-electron chi connectivity index (χ2n) is 6.67. The van der Waals surface area contributed by atoms with Crippen LogP contribution in [0.2, 0.25) is 0 Å². The SMILES string of the molecule is C=C(C)/C=C/C12CC1(C)CCC(OC(C)=O)C2(C)O. The predicted molar refractivity (Wildman–Crippen MR) is 74.5 cm³/mol. The summed E-state index contributed by atoms with van der Waals surface area (Å²) in [6, 6.07) is 0. The van der Waals surface area contributed by atoms with Crippen molar-refractivity contribution in [2.24, 2.45) is 10.8 Å². The molecule has 2 saturated carbocycles. The fraction of sp³-hybridized carbons (Fsp3) is 0.688. The highest BCUT2D eigenvalue weighted by Gasteiger charge is 2.75. The molecule has 3 heteroatoms. The fourth-order valence-corrected chi connectivity index (χ4v) is 3.78.